The number of rotatable bonds is 2. The highest BCUT2D eigenvalue weighted by atomic mass is 32.1. The van der Waals surface area contributed by atoms with Gasteiger partial charge in [0.2, 0.25) is 0 Å². The summed E-state index contributed by atoms with van der Waals surface area (Å²) in [6, 6.07) is 0. The number of thiophene rings is 1. The van der Waals surface area contributed by atoms with Crippen LogP contribution in [0.25, 0.3) is 10.2 Å². The van der Waals surface area contributed by atoms with Crippen LogP contribution in [0.15, 0.2) is 11.1 Å². The highest BCUT2D eigenvalue weighted by molar-refractivity contribution is 7.18. The largest absolute Gasteiger partial charge is 0.291 e. The fourth-order valence-electron chi connectivity index (χ4n) is 2.70. The van der Waals surface area contributed by atoms with Crippen LogP contribution in [0.4, 0.5) is 0 Å². The van der Waals surface area contributed by atoms with Gasteiger partial charge in [0.15, 0.2) is 5.82 Å². The number of nitrogens with zero attached hydrogens (tertiary/aromatic N) is 5. The first-order valence-corrected chi connectivity index (χ1v) is 7.36. The zero-order valence-electron chi connectivity index (χ0n) is 10.7. The molecule has 0 radical (unpaired) electrons. The number of tetrazole rings is 1. The zero-order valence-corrected chi connectivity index (χ0v) is 11.5. The number of hydrogen-bond acceptors (Lipinski definition) is 6. The second kappa shape index (κ2) is 4.48. The van der Waals surface area contributed by atoms with E-state index in [9.17, 15) is 4.79 Å². The van der Waals surface area contributed by atoms with Gasteiger partial charge in [-0.25, -0.2) is 4.98 Å². The highest BCUT2D eigenvalue weighted by Crippen LogP contribution is 2.33. The molecule has 4 rings (SSSR count). The molecule has 0 amide bonds. The minimum absolute atomic E-state index is 0.000741. The van der Waals surface area contributed by atoms with E-state index >= 15 is 0 Å². The lowest BCUT2D eigenvalue weighted by molar-refractivity contribution is 0.692. The van der Waals surface area contributed by atoms with Crippen molar-refractivity contribution < 1.29 is 0 Å². The molecule has 0 fully saturated rings. The van der Waals surface area contributed by atoms with Crippen molar-refractivity contribution in [1.82, 2.24) is 30.2 Å². The molecule has 1 aliphatic carbocycles. The number of nitrogens with one attached hydrogen (secondary N) is 1. The van der Waals surface area contributed by atoms with Crippen molar-refractivity contribution in [3.8, 4) is 0 Å². The number of fused-ring (bicyclic) bond motifs is 3. The summed E-state index contributed by atoms with van der Waals surface area (Å²) >= 11 is 1.66. The third kappa shape index (κ3) is 1.75. The molecular weight excluding hydrogens is 276 g/mol. The Morgan fingerprint density at radius 3 is 3.10 bits per heavy atom. The van der Waals surface area contributed by atoms with E-state index in [0.29, 0.717) is 12.4 Å². The number of hydrogen-bond donors (Lipinski definition) is 1. The smallest absolute Gasteiger partial charge is 0.262 e. The van der Waals surface area contributed by atoms with Gasteiger partial charge in [-0.3, -0.25) is 9.36 Å². The zero-order chi connectivity index (χ0) is 13.5. The summed E-state index contributed by atoms with van der Waals surface area (Å²) in [4.78, 5) is 19.2. The molecule has 8 heteroatoms. The Hall–Kier alpha value is -2.09. The Morgan fingerprint density at radius 1 is 1.35 bits per heavy atom. The monoisotopic (exact) mass is 288 g/mol. The second-order valence-electron chi connectivity index (χ2n) is 4.90. The first kappa shape index (κ1) is 11.7. The van der Waals surface area contributed by atoms with Crippen molar-refractivity contribution in [2.75, 3.05) is 0 Å². The van der Waals surface area contributed by atoms with Crippen LogP contribution in [0.5, 0.6) is 0 Å². The number of aryl methyl sites for hydroxylation is 2. The predicted molar refractivity (Wildman–Crippen MR) is 73.8 cm³/mol. The van der Waals surface area contributed by atoms with E-state index in [1.807, 2.05) is 0 Å². The number of aromatic nitrogens is 6. The van der Waals surface area contributed by atoms with Crippen molar-refractivity contribution in [2.45, 2.75) is 32.2 Å². The van der Waals surface area contributed by atoms with E-state index in [4.69, 9.17) is 0 Å². The molecule has 7 nitrogen and oxygen atoms in total. The first-order chi connectivity index (χ1) is 9.83. The Balaban J connectivity index is 1.87. The second-order valence-corrected chi connectivity index (χ2v) is 5.98. The van der Waals surface area contributed by atoms with Gasteiger partial charge >= 0.3 is 0 Å². The summed E-state index contributed by atoms with van der Waals surface area (Å²) in [5.74, 6) is 0.484. The van der Waals surface area contributed by atoms with Crippen LogP contribution in [0, 0.1) is 0 Å². The fourth-order valence-corrected chi connectivity index (χ4v) is 3.92. The molecule has 3 aromatic rings. The molecular formula is C12H12N6OS. The average Bonchev–Trinajstić information content (AvgIpc) is 3.09. The van der Waals surface area contributed by atoms with Gasteiger partial charge in [-0.2, -0.15) is 5.21 Å². The maximum atomic E-state index is 12.6. The molecule has 1 N–H and O–H groups in total. The van der Waals surface area contributed by atoms with E-state index in [-0.39, 0.29) is 5.56 Å². The Labute approximate surface area is 117 Å². The van der Waals surface area contributed by atoms with Gasteiger partial charge < -0.3 is 0 Å². The van der Waals surface area contributed by atoms with Crippen LogP contribution in [-0.4, -0.2) is 30.2 Å². The topological polar surface area (TPSA) is 89.4 Å². The average molecular weight is 288 g/mol. The number of aromatic amines is 1. The summed E-state index contributed by atoms with van der Waals surface area (Å²) in [5, 5.41) is 14.4. The molecule has 0 spiro atoms. The molecule has 1 aliphatic rings. The van der Waals surface area contributed by atoms with E-state index in [2.05, 4.69) is 25.6 Å². The molecule has 0 bridgehead atoms. The third-order valence-electron chi connectivity index (χ3n) is 3.64. The van der Waals surface area contributed by atoms with E-state index < -0.39 is 0 Å². The predicted octanol–water partition coefficient (Wildman–Crippen LogP) is 0.898. The van der Waals surface area contributed by atoms with Crippen LogP contribution in [-0.2, 0) is 19.4 Å². The third-order valence-corrected chi connectivity index (χ3v) is 4.84. The SMILES string of the molecule is O=c1c2c3c(sc2ncn1Cc1nn[nH]n1)CCCC3. The van der Waals surface area contributed by atoms with Gasteiger partial charge in [0.1, 0.15) is 4.83 Å². The van der Waals surface area contributed by atoms with Crippen LogP contribution < -0.4 is 5.56 Å². The Bertz CT molecular complexity index is 818. The lowest BCUT2D eigenvalue weighted by Crippen LogP contribution is -2.22. The number of H-pyrrole nitrogens is 1. The minimum atomic E-state index is -0.000741. The molecule has 0 aromatic carbocycles. The maximum absolute atomic E-state index is 12.6. The van der Waals surface area contributed by atoms with Gasteiger partial charge in [-0.15, -0.1) is 21.5 Å². The summed E-state index contributed by atoms with van der Waals surface area (Å²) in [5.41, 5.74) is 1.20. The molecule has 3 aromatic heterocycles. The highest BCUT2D eigenvalue weighted by Gasteiger charge is 2.20. The first-order valence-electron chi connectivity index (χ1n) is 6.55. The Kier molecular flexibility index (Phi) is 2.62. The molecule has 0 atom stereocenters. The van der Waals surface area contributed by atoms with Crippen molar-refractivity contribution in [3.05, 3.63) is 32.9 Å². The summed E-state index contributed by atoms with van der Waals surface area (Å²) in [7, 11) is 0. The standard InChI is InChI=1S/C12H12N6OS/c19-12-10-7-3-1-2-4-8(7)20-11(10)13-6-18(12)5-9-14-16-17-15-9/h6H,1-5H2,(H,14,15,16,17). The molecule has 0 aliphatic heterocycles. The van der Waals surface area contributed by atoms with Crippen molar-refractivity contribution in [2.24, 2.45) is 0 Å². The molecule has 0 unspecified atom stereocenters. The van der Waals surface area contributed by atoms with Crippen LogP contribution in [0.1, 0.15) is 29.1 Å². The van der Waals surface area contributed by atoms with Crippen LogP contribution in [0.3, 0.4) is 0 Å². The fraction of sp³-hybridized carbons (Fsp3) is 0.417. The molecule has 3 heterocycles. The van der Waals surface area contributed by atoms with Crippen molar-refractivity contribution >= 4 is 21.6 Å². The summed E-state index contributed by atoms with van der Waals surface area (Å²) in [6.07, 6.45) is 5.98. The van der Waals surface area contributed by atoms with Crippen molar-refractivity contribution in [1.29, 1.82) is 0 Å². The minimum Gasteiger partial charge on any atom is -0.291 e. The normalized spacial score (nSPS) is 14.6. The molecule has 0 saturated carbocycles. The lowest BCUT2D eigenvalue weighted by atomic mass is 9.97. The molecule has 20 heavy (non-hydrogen) atoms. The van der Waals surface area contributed by atoms with Gasteiger partial charge in [0.05, 0.1) is 18.3 Å². The molecule has 0 saturated heterocycles. The van der Waals surface area contributed by atoms with Crippen molar-refractivity contribution in [3.63, 3.8) is 0 Å². The maximum Gasteiger partial charge on any atom is 0.262 e. The van der Waals surface area contributed by atoms with Gasteiger partial charge in [0.25, 0.3) is 5.56 Å². The van der Waals surface area contributed by atoms with E-state index in [1.165, 1.54) is 16.9 Å². The van der Waals surface area contributed by atoms with Gasteiger partial charge in [-0.05, 0) is 31.2 Å². The van der Waals surface area contributed by atoms with E-state index in [0.717, 1.165) is 29.5 Å². The lowest BCUT2D eigenvalue weighted by Gasteiger charge is -2.10. The Morgan fingerprint density at radius 2 is 2.25 bits per heavy atom. The quantitative estimate of drug-likeness (QED) is 0.756. The van der Waals surface area contributed by atoms with E-state index in [1.54, 1.807) is 22.2 Å². The van der Waals surface area contributed by atoms with Gasteiger partial charge in [-0.1, -0.05) is 5.21 Å². The summed E-state index contributed by atoms with van der Waals surface area (Å²) in [6.45, 7) is 0.295. The summed E-state index contributed by atoms with van der Waals surface area (Å²) < 4.78 is 1.55. The molecule has 102 valence electrons. The van der Waals surface area contributed by atoms with Crippen LogP contribution >= 0.6 is 11.3 Å². The van der Waals surface area contributed by atoms with Gasteiger partial charge in [0, 0.05) is 4.88 Å². The van der Waals surface area contributed by atoms with Crippen LogP contribution in [0.2, 0.25) is 0 Å².